The first-order valence-corrected chi connectivity index (χ1v) is 7.75. The third-order valence-corrected chi connectivity index (χ3v) is 5.05. The molecule has 1 aliphatic carbocycles. The third-order valence-electron chi connectivity index (χ3n) is 4.81. The predicted molar refractivity (Wildman–Crippen MR) is 87.9 cm³/mol. The zero-order valence-corrected chi connectivity index (χ0v) is 13.8. The summed E-state index contributed by atoms with van der Waals surface area (Å²) in [6.45, 7) is 4.11. The minimum atomic E-state index is 0. The van der Waals surface area contributed by atoms with E-state index in [1.807, 2.05) is 31.2 Å². The van der Waals surface area contributed by atoms with Crippen molar-refractivity contribution in [1.82, 2.24) is 10.6 Å². The highest BCUT2D eigenvalue weighted by atomic mass is 35.5. The van der Waals surface area contributed by atoms with E-state index < -0.39 is 0 Å². The molecule has 0 aromatic heterocycles. The summed E-state index contributed by atoms with van der Waals surface area (Å²) in [6.07, 6.45) is 3.33. The molecule has 1 spiro atoms. The van der Waals surface area contributed by atoms with Crippen LogP contribution in [0.3, 0.4) is 0 Å². The van der Waals surface area contributed by atoms with E-state index in [4.69, 9.17) is 11.6 Å². The number of nitrogens with one attached hydrogen (secondary N) is 2. The van der Waals surface area contributed by atoms with E-state index >= 15 is 0 Å². The number of piperidine rings is 1. The summed E-state index contributed by atoms with van der Waals surface area (Å²) in [7, 11) is 0. The Bertz CT molecular complexity index is 515. The standard InChI is InChI=1S/C16H21ClN2O.ClH/c1-11(12-3-2-4-13(17)9-12)19-15(20)14-10-16(14)5-7-18-8-6-16;/h2-4,9,11,14,18H,5-8,10H2,1H3,(H,19,20);1H/t11-,14?;/m1./s1. The second-order valence-electron chi connectivity index (χ2n) is 6.15. The quantitative estimate of drug-likeness (QED) is 0.893. The second kappa shape index (κ2) is 6.55. The van der Waals surface area contributed by atoms with Crippen LogP contribution in [0.1, 0.15) is 37.8 Å². The van der Waals surface area contributed by atoms with Crippen LogP contribution >= 0.6 is 24.0 Å². The predicted octanol–water partition coefficient (Wildman–Crippen LogP) is 3.33. The fraction of sp³-hybridized carbons (Fsp3) is 0.562. The molecular formula is C16H22Cl2N2O. The highest BCUT2D eigenvalue weighted by Crippen LogP contribution is 2.58. The molecule has 2 aliphatic rings. The van der Waals surface area contributed by atoms with Crippen LogP contribution in [0.4, 0.5) is 0 Å². The maximum Gasteiger partial charge on any atom is 0.224 e. The van der Waals surface area contributed by atoms with Gasteiger partial charge in [0.05, 0.1) is 6.04 Å². The number of benzene rings is 1. The molecule has 0 radical (unpaired) electrons. The van der Waals surface area contributed by atoms with E-state index in [2.05, 4.69) is 10.6 Å². The molecule has 21 heavy (non-hydrogen) atoms. The topological polar surface area (TPSA) is 41.1 Å². The lowest BCUT2D eigenvalue weighted by molar-refractivity contribution is -0.123. The summed E-state index contributed by atoms with van der Waals surface area (Å²) >= 11 is 6.00. The minimum absolute atomic E-state index is 0. The van der Waals surface area contributed by atoms with Crippen LogP contribution in [0.5, 0.6) is 0 Å². The molecule has 1 aromatic rings. The third kappa shape index (κ3) is 3.53. The molecule has 1 saturated heterocycles. The molecule has 116 valence electrons. The minimum Gasteiger partial charge on any atom is -0.349 e. The van der Waals surface area contributed by atoms with Gasteiger partial charge in [0.1, 0.15) is 0 Å². The number of halogens is 2. The Hall–Kier alpha value is -0.770. The molecule has 0 bridgehead atoms. The van der Waals surface area contributed by atoms with Crippen molar-refractivity contribution in [3.05, 3.63) is 34.9 Å². The van der Waals surface area contributed by atoms with Crippen molar-refractivity contribution in [3.63, 3.8) is 0 Å². The van der Waals surface area contributed by atoms with E-state index in [1.54, 1.807) is 0 Å². The summed E-state index contributed by atoms with van der Waals surface area (Å²) < 4.78 is 0. The Labute approximate surface area is 137 Å². The molecule has 3 rings (SSSR count). The lowest BCUT2D eigenvalue weighted by Crippen LogP contribution is -2.34. The maximum atomic E-state index is 12.4. The van der Waals surface area contributed by atoms with Gasteiger partial charge in [-0.1, -0.05) is 23.7 Å². The smallest absolute Gasteiger partial charge is 0.224 e. The molecule has 1 aliphatic heterocycles. The van der Waals surface area contributed by atoms with E-state index in [9.17, 15) is 4.79 Å². The van der Waals surface area contributed by atoms with Gasteiger partial charge in [-0.3, -0.25) is 4.79 Å². The number of amides is 1. The maximum absolute atomic E-state index is 12.4. The fourth-order valence-electron chi connectivity index (χ4n) is 3.37. The zero-order chi connectivity index (χ0) is 14.2. The van der Waals surface area contributed by atoms with Gasteiger partial charge >= 0.3 is 0 Å². The zero-order valence-electron chi connectivity index (χ0n) is 12.2. The Morgan fingerprint density at radius 1 is 1.43 bits per heavy atom. The van der Waals surface area contributed by atoms with Crippen LogP contribution in [-0.4, -0.2) is 19.0 Å². The first kappa shape index (κ1) is 16.6. The molecule has 1 heterocycles. The first-order chi connectivity index (χ1) is 9.61. The lowest BCUT2D eigenvalue weighted by atomic mass is 9.91. The molecule has 1 amide bonds. The van der Waals surface area contributed by atoms with Gasteiger partial charge in [-0.25, -0.2) is 0 Å². The average molecular weight is 329 g/mol. The monoisotopic (exact) mass is 328 g/mol. The van der Waals surface area contributed by atoms with Gasteiger partial charge in [0.15, 0.2) is 0 Å². The number of carbonyl (C=O) groups excluding carboxylic acids is 1. The molecule has 1 saturated carbocycles. The van der Waals surface area contributed by atoms with Crippen molar-refractivity contribution in [2.75, 3.05) is 13.1 Å². The normalized spacial score (nSPS) is 24.0. The number of rotatable bonds is 3. The molecule has 2 atom stereocenters. The molecule has 2 N–H and O–H groups in total. The Kier molecular flexibility index (Phi) is 5.18. The van der Waals surface area contributed by atoms with Crippen LogP contribution in [0.2, 0.25) is 5.02 Å². The van der Waals surface area contributed by atoms with E-state index in [1.165, 1.54) is 0 Å². The van der Waals surface area contributed by atoms with Crippen LogP contribution in [0.25, 0.3) is 0 Å². The van der Waals surface area contributed by atoms with E-state index in [0.717, 1.165) is 37.9 Å². The van der Waals surface area contributed by atoms with Gasteiger partial charge in [0.25, 0.3) is 0 Å². The van der Waals surface area contributed by atoms with Gasteiger partial charge < -0.3 is 10.6 Å². The van der Waals surface area contributed by atoms with Crippen molar-refractivity contribution in [3.8, 4) is 0 Å². The Morgan fingerprint density at radius 2 is 2.14 bits per heavy atom. The SMILES string of the molecule is C[C@@H](NC(=O)C1CC12CCNCC2)c1cccc(Cl)c1.Cl. The van der Waals surface area contributed by atoms with Crippen molar-refractivity contribution in [1.29, 1.82) is 0 Å². The van der Waals surface area contributed by atoms with Crippen molar-refractivity contribution in [2.45, 2.75) is 32.2 Å². The highest BCUT2D eigenvalue weighted by molar-refractivity contribution is 6.30. The summed E-state index contributed by atoms with van der Waals surface area (Å²) in [6, 6.07) is 7.71. The van der Waals surface area contributed by atoms with Crippen molar-refractivity contribution < 1.29 is 4.79 Å². The van der Waals surface area contributed by atoms with Crippen LogP contribution < -0.4 is 10.6 Å². The van der Waals surface area contributed by atoms with E-state index in [-0.39, 0.29) is 30.3 Å². The van der Waals surface area contributed by atoms with Crippen LogP contribution in [-0.2, 0) is 4.79 Å². The van der Waals surface area contributed by atoms with Crippen molar-refractivity contribution >= 4 is 29.9 Å². The van der Waals surface area contributed by atoms with Gasteiger partial charge in [-0.05, 0) is 62.4 Å². The van der Waals surface area contributed by atoms with Gasteiger partial charge in [0.2, 0.25) is 5.91 Å². The van der Waals surface area contributed by atoms with Gasteiger partial charge in [-0.15, -0.1) is 12.4 Å². The molecule has 1 unspecified atom stereocenters. The molecule has 2 fully saturated rings. The molecule has 1 aromatic carbocycles. The Balaban J connectivity index is 0.00000161. The van der Waals surface area contributed by atoms with Crippen LogP contribution in [0.15, 0.2) is 24.3 Å². The summed E-state index contributed by atoms with van der Waals surface area (Å²) in [5.41, 5.74) is 1.36. The number of carbonyl (C=O) groups is 1. The summed E-state index contributed by atoms with van der Waals surface area (Å²) in [5, 5.41) is 7.22. The first-order valence-electron chi connectivity index (χ1n) is 7.37. The molecule has 5 heteroatoms. The second-order valence-corrected chi connectivity index (χ2v) is 6.59. The summed E-state index contributed by atoms with van der Waals surface area (Å²) in [4.78, 5) is 12.4. The van der Waals surface area contributed by atoms with Crippen molar-refractivity contribution in [2.24, 2.45) is 11.3 Å². The van der Waals surface area contributed by atoms with Gasteiger partial charge in [-0.2, -0.15) is 0 Å². The largest absolute Gasteiger partial charge is 0.349 e. The highest BCUT2D eigenvalue weighted by Gasteiger charge is 2.57. The lowest BCUT2D eigenvalue weighted by Gasteiger charge is -2.23. The molecule has 3 nitrogen and oxygen atoms in total. The average Bonchev–Trinajstić information content (AvgIpc) is 3.13. The molecular weight excluding hydrogens is 307 g/mol. The number of hydrogen-bond acceptors (Lipinski definition) is 2. The van der Waals surface area contributed by atoms with Gasteiger partial charge in [0, 0.05) is 10.9 Å². The summed E-state index contributed by atoms with van der Waals surface area (Å²) in [5.74, 6) is 0.422. The Morgan fingerprint density at radius 3 is 2.81 bits per heavy atom. The van der Waals surface area contributed by atoms with Crippen LogP contribution in [0, 0.1) is 11.3 Å². The van der Waals surface area contributed by atoms with E-state index in [0.29, 0.717) is 10.4 Å². The number of hydrogen-bond donors (Lipinski definition) is 2. The fourth-order valence-corrected chi connectivity index (χ4v) is 3.57.